The van der Waals surface area contributed by atoms with Crippen LogP contribution in [0, 0.1) is 12.3 Å². The van der Waals surface area contributed by atoms with Crippen LogP contribution in [0.2, 0.25) is 0 Å². The quantitative estimate of drug-likeness (QED) is 0.639. The SMILES string of the molecule is Cc1cc2c(n1-c1ccc(C(N)=O)c(C(N)(C(=O)O)N3CCCCC3)c1)CC(C)(C)CC2=O. The molecule has 1 unspecified atom stereocenters. The van der Waals surface area contributed by atoms with Crippen LogP contribution in [0.3, 0.4) is 0 Å². The molecule has 1 atom stereocenters. The van der Waals surface area contributed by atoms with Gasteiger partial charge in [-0.05, 0) is 55.9 Å². The van der Waals surface area contributed by atoms with Crippen molar-refractivity contribution < 1.29 is 19.5 Å². The lowest BCUT2D eigenvalue weighted by molar-refractivity contribution is -0.153. The Bertz CT molecular complexity index is 1140. The Hall–Kier alpha value is -2.97. The number of carbonyl (C=O) groups is 3. The molecule has 0 saturated carbocycles. The number of amides is 1. The molecule has 1 aromatic carbocycles. The van der Waals surface area contributed by atoms with E-state index in [1.807, 2.05) is 17.6 Å². The fourth-order valence-corrected chi connectivity index (χ4v) is 5.38. The Morgan fingerprint density at radius 2 is 1.76 bits per heavy atom. The molecule has 1 amide bonds. The maximum absolute atomic E-state index is 12.8. The van der Waals surface area contributed by atoms with Crippen LogP contribution >= 0.6 is 0 Å². The van der Waals surface area contributed by atoms with Gasteiger partial charge in [0.25, 0.3) is 0 Å². The van der Waals surface area contributed by atoms with E-state index in [0.717, 1.165) is 30.7 Å². The van der Waals surface area contributed by atoms with Gasteiger partial charge >= 0.3 is 5.97 Å². The van der Waals surface area contributed by atoms with Gasteiger partial charge in [0, 0.05) is 53.3 Å². The molecule has 1 fully saturated rings. The Morgan fingerprint density at radius 3 is 2.36 bits per heavy atom. The minimum absolute atomic E-state index is 0.0873. The Morgan fingerprint density at radius 1 is 1.09 bits per heavy atom. The molecule has 8 nitrogen and oxygen atoms in total. The molecule has 1 aliphatic carbocycles. The average Bonchev–Trinajstić information content (AvgIpc) is 3.08. The third-order valence-corrected chi connectivity index (χ3v) is 6.99. The highest BCUT2D eigenvalue weighted by molar-refractivity contribution is 5.99. The van der Waals surface area contributed by atoms with Crippen molar-refractivity contribution >= 4 is 17.7 Å². The van der Waals surface area contributed by atoms with E-state index in [9.17, 15) is 19.5 Å². The molecule has 2 aromatic rings. The number of rotatable bonds is 5. The minimum atomic E-state index is -1.89. The second kappa shape index (κ2) is 8.11. The van der Waals surface area contributed by atoms with Crippen LogP contribution < -0.4 is 11.5 Å². The lowest BCUT2D eigenvalue weighted by atomic mass is 9.76. The van der Waals surface area contributed by atoms with Gasteiger partial charge in [-0.25, -0.2) is 4.79 Å². The van der Waals surface area contributed by atoms with Gasteiger partial charge in [0.15, 0.2) is 11.4 Å². The van der Waals surface area contributed by atoms with E-state index in [-0.39, 0.29) is 22.3 Å². The molecular weight excluding hydrogens is 420 g/mol. The zero-order chi connectivity index (χ0) is 24.1. The molecule has 2 aliphatic rings. The molecule has 0 bridgehead atoms. The van der Waals surface area contributed by atoms with Crippen molar-refractivity contribution in [1.29, 1.82) is 0 Å². The standard InChI is InChI=1S/C25H32N4O4/c1-15-11-18-20(13-24(2,3)14-21(18)30)29(15)16-7-8-17(22(26)31)19(12-16)25(27,23(32)33)28-9-5-4-6-10-28/h7-8,11-12H,4-6,9-10,13-14,27H2,1-3H3,(H2,26,31)(H,32,33). The van der Waals surface area contributed by atoms with Gasteiger partial charge in [0.1, 0.15) is 0 Å². The second-order valence-corrected chi connectivity index (χ2v) is 10.1. The molecule has 8 heteroatoms. The van der Waals surface area contributed by atoms with Gasteiger partial charge in [0.05, 0.1) is 0 Å². The molecule has 1 aromatic heterocycles. The predicted molar refractivity (Wildman–Crippen MR) is 124 cm³/mol. The van der Waals surface area contributed by atoms with Crippen LogP contribution in [-0.4, -0.2) is 45.3 Å². The van der Waals surface area contributed by atoms with E-state index >= 15 is 0 Å². The number of fused-ring (bicyclic) bond motifs is 1. The topological polar surface area (TPSA) is 132 Å². The Labute approximate surface area is 193 Å². The van der Waals surface area contributed by atoms with Gasteiger partial charge < -0.3 is 15.4 Å². The third kappa shape index (κ3) is 3.87. The highest BCUT2D eigenvalue weighted by Gasteiger charge is 2.45. The molecule has 2 heterocycles. The van der Waals surface area contributed by atoms with Gasteiger partial charge in [0.2, 0.25) is 5.91 Å². The van der Waals surface area contributed by atoms with E-state index in [2.05, 4.69) is 13.8 Å². The number of primary amides is 1. The largest absolute Gasteiger partial charge is 0.479 e. The summed E-state index contributed by atoms with van der Waals surface area (Å²) in [5, 5.41) is 10.2. The van der Waals surface area contributed by atoms with Crippen LogP contribution in [0.25, 0.3) is 5.69 Å². The molecule has 33 heavy (non-hydrogen) atoms. The van der Waals surface area contributed by atoms with E-state index in [1.165, 1.54) is 0 Å². The number of Topliss-reactive ketones (excluding diaryl/α,β-unsaturated/α-hetero) is 1. The number of likely N-dealkylation sites (tertiary alicyclic amines) is 1. The van der Waals surface area contributed by atoms with Crippen LogP contribution in [0.1, 0.15) is 77.2 Å². The number of nitrogens with zero attached hydrogens (tertiary/aromatic N) is 2. The third-order valence-electron chi connectivity index (χ3n) is 6.99. The molecule has 1 aliphatic heterocycles. The highest BCUT2D eigenvalue weighted by Crippen LogP contribution is 2.38. The molecule has 4 rings (SSSR count). The zero-order valence-corrected chi connectivity index (χ0v) is 19.5. The number of aryl methyl sites for hydroxylation is 1. The summed E-state index contributed by atoms with van der Waals surface area (Å²) >= 11 is 0. The van der Waals surface area contributed by atoms with Crippen LogP contribution in [-0.2, 0) is 16.9 Å². The smallest absolute Gasteiger partial charge is 0.343 e. The van der Waals surface area contributed by atoms with Crippen LogP contribution in [0.4, 0.5) is 0 Å². The molecular formula is C25H32N4O4. The number of carboxylic acids is 1. The Balaban J connectivity index is 1.93. The molecule has 1 saturated heterocycles. The molecule has 0 radical (unpaired) electrons. The van der Waals surface area contributed by atoms with Crippen molar-refractivity contribution in [3.8, 4) is 5.69 Å². The van der Waals surface area contributed by atoms with Gasteiger partial charge in [-0.15, -0.1) is 0 Å². The zero-order valence-electron chi connectivity index (χ0n) is 19.5. The van der Waals surface area contributed by atoms with Crippen molar-refractivity contribution in [2.24, 2.45) is 16.9 Å². The van der Waals surface area contributed by atoms with Crippen molar-refractivity contribution in [2.45, 2.75) is 58.5 Å². The first-order valence-corrected chi connectivity index (χ1v) is 11.4. The summed E-state index contributed by atoms with van der Waals surface area (Å²) in [7, 11) is 0. The first kappa shape index (κ1) is 23.2. The average molecular weight is 453 g/mol. The maximum Gasteiger partial charge on any atom is 0.343 e. The maximum atomic E-state index is 12.8. The monoisotopic (exact) mass is 452 g/mol. The summed E-state index contributed by atoms with van der Waals surface area (Å²) in [6.07, 6.45) is 3.86. The van der Waals surface area contributed by atoms with Gasteiger partial charge in [-0.2, -0.15) is 0 Å². The summed E-state index contributed by atoms with van der Waals surface area (Å²) in [5.41, 5.74) is 13.5. The fourth-order valence-electron chi connectivity index (χ4n) is 5.38. The van der Waals surface area contributed by atoms with E-state index in [0.29, 0.717) is 37.2 Å². The summed E-state index contributed by atoms with van der Waals surface area (Å²) in [5.74, 6) is -1.86. The number of aliphatic carboxylic acids is 1. The molecule has 5 N–H and O–H groups in total. The molecule has 176 valence electrons. The number of benzene rings is 1. The predicted octanol–water partition coefficient (Wildman–Crippen LogP) is 2.72. The number of hydrogen-bond donors (Lipinski definition) is 3. The van der Waals surface area contributed by atoms with E-state index in [4.69, 9.17) is 11.5 Å². The van der Waals surface area contributed by atoms with E-state index in [1.54, 1.807) is 23.1 Å². The number of nitrogens with two attached hydrogens (primary N) is 2. The van der Waals surface area contributed by atoms with Gasteiger partial charge in [-0.3, -0.25) is 20.2 Å². The van der Waals surface area contributed by atoms with Crippen molar-refractivity contribution in [3.63, 3.8) is 0 Å². The van der Waals surface area contributed by atoms with Crippen molar-refractivity contribution in [3.05, 3.63) is 52.3 Å². The summed E-state index contributed by atoms with van der Waals surface area (Å²) in [4.78, 5) is 39.4. The van der Waals surface area contributed by atoms with Crippen molar-refractivity contribution in [2.75, 3.05) is 13.1 Å². The normalized spacial score (nSPS) is 20.2. The minimum Gasteiger partial charge on any atom is -0.479 e. The summed E-state index contributed by atoms with van der Waals surface area (Å²) in [6, 6.07) is 6.82. The van der Waals surface area contributed by atoms with E-state index < -0.39 is 17.5 Å². The summed E-state index contributed by atoms with van der Waals surface area (Å²) in [6.45, 7) is 7.08. The second-order valence-electron chi connectivity index (χ2n) is 10.1. The number of hydrogen-bond acceptors (Lipinski definition) is 5. The molecule has 0 spiro atoms. The van der Waals surface area contributed by atoms with Crippen LogP contribution in [0.15, 0.2) is 24.3 Å². The number of carbonyl (C=O) groups excluding carboxylic acids is 2. The lowest BCUT2D eigenvalue weighted by Gasteiger charge is -2.41. The number of aromatic nitrogens is 1. The Kier molecular flexibility index (Phi) is 5.70. The first-order chi connectivity index (χ1) is 15.5. The van der Waals surface area contributed by atoms with Crippen molar-refractivity contribution in [1.82, 2.24) is 9.47 Å². The fraction of sp³-hybridized carbons (Fsp3) is 0.480. The highest BCUT2D eigenvalue weighted by atomic mass is 16.4. The van der Waals surface area contributed by atoms with Crippen LogP contribution in [0.5, 0.6) is 0 Å². The first-order valence-electron chi connectivity index (χ1n) is 11.4. The summed E-state index contributed by atoms with van der Waals surface area (Å²) < 4.78 is 1.97. The number of piperidine rings is 1. The van der Waals surface area contributed by atoms with Gasteiger partial charge in [-0.1, -0.05) is 20.3 Å². The lowest BCUT2D eigenvalue weighted by Crippen LogP contribution is -2.60. The number of carboxylic acid groups (broad SMARTS) is 1. The number of ketones is 1.